The zero-order valence-corrected chi connectivity index (χ0v) is 7.21. The van der Waals surface area contributed by atoms with Gasteiger partial charge in [-0.1, -0.05) is 0 Å². The summed E-state index contributed by atoms with van der Waals surface area (Å²) in [6.07, 6.45) is 3.03. The molecule has 0 aromatic rings. The van der Waals surface area contributed by atoms with Crippen LogP contribution < -0.4 is 4.72 Å². The third-order valence-electron chi connectivity index (χ3n) is 1.68. The zero-order valence-electron chi connectivity index (χ0n) is 6.40. The van der Waals surface area contributed by atoms with Crippen molar-refractivity contribution in [2.75, 3.05) is 12.9 Å². The van der Waals surface area contributed by atoms with Crippen LogP contribution in [0.25, 0.3) is 0 Å². The first-order valence-electron chi connectivity index (χ1n) is 3.56. The minimum Gasteiger partial charge on any atom is -0.395 e. The fourth-order valence-electron chi connectivity index (χ4n) is 0.995. The van der Waals surface area contributed by atoms with Gasteiger partial charge >= 0.3 is 0 Å². The molecule has 0 aromatic carbocycles. The van der Waals surface area contributed by atoms with Crippen molar-refractivity contribution in [2.24, 2.45) is 5.92 Å². The summed E-state index contributed by atoms with van der Waals surface area (Å²) in [5.41, 5.74) is 0. The van der Waals surface area contributed by atoms with Crippen molar-refractivity contribution >= 4 is 10.0 Å². The highest BCUT2D eigenvalue weighted by Crippen LogP contribution is 2.33. The molecule has 0 saturated heterocycles. The second-order valence-corrected chi connectivity index (χ2v) is 4.60. The zero-order chi connectivity index (χ0) is 8.48. The number of nitrogens with zero attached hydrogens (tertiary/aromatic N) is 1. The molecule has 0 amide bonds. The van der Waals surface area contributed by atoms with E-state index in [0.29, 0.717) is 5.92 Å². The average molecular weight is 178 g/mol. The molecule has 0 aromatic heterocycles. The summed E-state index contributed by atoms with van der Waals surface area (Å²) in [6.45, 7) is -0.155. The lowest BCUT2D eigenvalue weighted by Crippen LogP contribution is -2.32. The van der Waals surface area contributed by atoms with E-state index in [4.69, 9.17) is 5.11 Å². The summed E-state index contributed by atoms with van der Waals surface area (Å²) in [7, 11) is -3.28. The number of sulfonamides is 1. The van der Waals surface area contributed by atoms with Crippen molar-refractivity contribution in [2.45, 2.75) is 18.9 Å². The lowest BCUT2D eigenvalue weighted by molar-refractivity contribution is 0.242. The molecule has 1 radical (unpaired) electrons. The van der Waals surface area contributed by atoms with Crippen LogP contribution in [0.1, 0.15) is 12.8 Å². The van der Waals surface area contributed by atoms with Crippen LogP contribution >= 0.6 is 0 Å². The van der Waals surface area contributed by atoms with Crippen LogP contribution in [0.15, 0.2) is 0 Å². The minimum absolute atomic E-state index is 0.155. The van der Waals surface area contributed by atoms with Crippen molar-refractivity contribution in [3.63, 3.8) is 0 Å². The van der Waals surface area contributed by atoms with Gasteiger partial charge in [0.1, 0.15) is 0 Å². The van der Waals surface area contributed by atoms with Crippen LogP contribution in [0.3, 0.4) is 0 Å². The van der Waals surface area contributed by atoms with Crippen molar-refractivity contribution in [3.8, 4) is 0 Å². The topological polar surface area (TPSA) is 68.5 Å². The van der Waals surface area contributed by atoms with Gasteiger partial charge in [-0.15, -0.1) is 4.72 Å². The van der Waals surface area contributed by atoms with E-state index < -0.39 is 10.0 Å². The molecule has 0 heterocycles. The highest BCUT2D eigenvalue weighted by atomic mass is 32.2. The largest absolute Gasteiger partial charge is 0.395 e. The molecule has 4 nitrogen and oxygen atoms in total. The van der Waals surface area contributed by atoms with Gasteiger partial charge < -0.3 is 5.11 Å². The molecule has 0 bridgehead atoms. The number of aliphatic hydroxyl groups excluding tert-OH is 1. The summed E-state index contributed by atoms with van der Waals surface area (Å²) >= 11 is 0. The van der Waals surface area contributed by atoms with Gasteiger partial charge in [0, 0.05) is 0 Å². The van der Waals surface area contributed by atoms with Crippen LogP contribution in [-0.2, 0) is 10.0 Å². The normalized spacial score (nSPS) is 21.6. The quantitative estimate of drug-likeness (QED) is 0.620. The van der Waals surface area contributed by atoms with Gasteiger partial charge in [-0.2, -0.15) is 0 Å². The minimum atomic E-state index is -3.28. The van der Waals surface area contributed by atoms with E-state index in [1.54, 1.807) is 0 Å². The Hall–Kier alpha value is -0.130. The van der Waals surface area contributed by atoms with E-state index in [1.807, 2.05) is 0 Å². The van der Waals surface area contributed by atoms with Crippen molar-refractivity contribution in [1.82, 2.24) is 4.72 Å². The Morgan fingerprint density at radius 1 is 1.64 bits per heavy atom. The summed E-state index contributed by atoms with van der Waals surface area (Å²) in [5.74, 6) is 0.301. The Morgan fingerprint density at radius 3 is 2.45 bits per heavy atom. The molecule has 1 saturated carbocycles. The first-order valence-corrected chi connectivity index (χ1v) is 5.40. The van der Waals surface area contributed by atoms with E-state index >= 15 is 0 Å². The SMILES string of the molecule is CS(=O)(=O)[N]C(CO)C1CC1. The molecule has 1 aliphatic rings. The molecule has 1 atom stereocenters. The van der Waals surface area contributed by atoms with Crippen molar-refractivity contribution < 1.29 is 13.5 Å². The van der Waals surface area contributed by atoms with E-state index in [9.17, 15) is 8.42 Å². The maximum atomic E-state index is 10.7. The second-order valence-electron chi connectivity index (χ2n) is 2.93. The van der Waals surface area contributed by atoms with Gasteiger partial charge in [-0.05, 0) is 18.8 Å². The summed E-state index contributed by atoms with van der Waals surface area (Å²) in [5, 5.41) is 8.74. The van der Waals surface area contributed by atoms with Gasteiger partial charge in [0.25, 0.3) is 0 Å². The molecule has 11 heavy (non-hydrogen) atoms. The number of aliphatic hydroxyl groups is 1. The molecular formula is C6H12NO3S. The Balaban J connectivity index is 2.43. The Labute approximate surface area is 66.7 Å². The number of hydrogen-bond acceptors (Lipinski definition) is 3. The number of hydrogen-bond donors (Lipinski definition) is 1. The van der Waals surface area contributed by atoms with E-state index in [1.165, 1.54) is 0 Å². The molecule has 1 unspecified atom stereocenters. The van der Waals surface area contributed by atoms with Gasteiger partial charge in [0.15, 0.2) is 0 Å². The molecule has 65 valence electrons. The molecule has 5 heteroatoms. The molecule has 0 spiro atoms. The van der Waals surface area contributed by atoms with Gasteiger partial charge in [0.05, 0.1) is 18.9 Å². The average Bonchev–Trinajstić information content (AvgIpc) is 2.61. The fourth-order valence-corrected chi connectivity index (χ4v) is 1.73. The van der Waals surface area contributed by atoms with Crippen LogP contribution in [0.4, 0.5) is 0 Å². The number of rotatable bonds is 4. The van der Waals surface area contributed by atoms with Gasteiger partial charge in [-0.25, -0.2) is 8.42 Å². The standard InChI is InChI=1S/C6H12NO3S/c1-11(9,10)7-6(4-8)5-2-3-5/h5-6,8H,2-4H2,1H3. The molecule has 0 aliphatic heterocycles. The third kappa shape index (κ3) is 3.18. The lowest BCUT2D eigenvalue weighted by atomic mass is 10.2. The summed E-state index contributed by atoms with van der Waals surface area (Å²) in [4.78, 5) is 0. The monoisotopic (exact) mass is 178 g/mol. The lowest BCUT2D eigenvalue weighted by Gasteiger charge is -2.09. The summed E-state index contributed by atoms with van der Waals surface area (Å²) in [6, 6.07) is -0.384. The smallest absolute Gasteiger partial charge is 0.225 e. The van der Waals surface area contributed by atoms with Crippen molar-refractivity contribution in [3.05, 3.63) is 0 Å². The Morgan fingerprint density at radius 2 is 2.18 bits per heavy atom. The summed E-state index contributed by atoms with van der Waals surface area (Å²) < 4.78 is 24.8. The Bertz CT molecular complexity index is 220. The van der Waals surface area contributed by atoms with Gasteiger partial charge in [-0.3, -0.25) is 0 Å². The maximum absolute atomic E-state index is 10.7. The van der Waals surface area contributed by atoms with E-state index in [2.05, 4.69) is 4.72 Å². The molecule has 1 aliphatic carbocycles. The highest BCUT2D eigenvalue weighted by Gasteiger charge is 2.33. The van der Waals surface area contributed by atoms with Crippen molar-refractivity contribution in [1.29, 1.82) is 0 Å². The third-order valence-corrected chi connectivity index (χ3v) is 2.33. The Kier molecular flexibility index (Phi) is 2.51. The molecule has 1 fully saturated rings. The maximum Gasteiger partial charge on any atom is 0.225 e. The molecular weight excluding hydrogens is 166 g/mol. The first kappa shape index (κ1) is 8.96. The van der Waals surface area contributed by atoms with Crippen LogP contribution in [-0.4, -0.2) is 32.4 Å². The molecule has 1 N–H and O–H groups in total. The predicted octanol–water partition coefficient (Wildman–Crippen LogP) is -0.679. The highest BCUT2D eigenvalue weighted by molar-refractivity contribution is 7.88. The van der Waals surface area contributed by atoms with E-state index in [-0.39, 0.29) is 12.6 Å². The van der Waals surface area contributed by atoms with Crippen LogP contribution in [0.5, 0.6) is 0 Å². The first-order chi connectivity index (χ1) is 5.03. The van der Waals surface area contributed by atoms with E-state index in [0.717, 1.165) is 19.1 Å². The van der Waals surface area contributed by atoms with Gasteiger partial charge in [0.2, 0.25) is 10.0 Å². The molecule has 1 rings (SSSR count). The van der Waals surface area contributed by atoms with Crippen LogP contribution in [0.2, 0.25) is 0 Å². The van der Waals surface area contributed by atoms with Crippen LogP contribution in [0, 0.1) is 5.92 Å². The second kappa shape index (κ2) is 3.08. The fraction of sp³-hybridized carbons (Fsp3) is 1.00. The predicted molar refractivity (Wildman–Crippen MR) is 40.6 cm³/mol.